The van der Waals surface area contributed by atoms with Crippen molar-refractivity contribution in [2.75, 3.05) is 6.61 Å². The number of hydrogen-bond donors (Lipinski definition) is 0. The van der Waals surface area contributed by atoms with Crippen LogP contribution in [0.3, 0.4) is 0 Å². The maximum absolute atomic E-state index is 5.63. The first-order valence-corrected chi connectivity index (χ1v) is 4.95. The summed E-state index contributed by atoms with van der Waals surface area (Å²) in [6.07, 6.45) is 0.373. The second kappa shape index (κ2) is 3.51. The minimum absolute atomic E-state index is 0.373. The lowest BCUT2D eigenvalue weighted by molar-refractivity contribution is 0.115. The maximum atomic E-state index is 5.63. The summed E-state index contributed by atoms with van der Waals surface area (Å²) < 4.78 is 5.63. The third-order valence-corrected chi connectivity index (χ3v) is 2.93. The average molecular weight is 176 g/mol. The molecule has 0 unspecified atom stereocenters. The quantitative estimate of drug-likeness (QED) is 0.639. The summed E-state index contributed by atoms with van der Waals surface area (Å²) in [6, 6.07) is 10.7. The molecule has 70 valence electrons. The molecule has 0 N–H and O–H groups in total. The van der Waals surface area contributed by atoms with E-state index in [1.54, 1.807) is 0 Å². The molecule has 0 bridgehead atoms. The normalized spacial score (nSPS) is 33.5. The lowest BCUT2D eigenvalue weighted by Crippen LogP contribution is -2.13. The van der Waals surface area contributed by atoms with Crippen LogP contribution in [0.25, 0.3) is 0 Å². The van der Waals surface area contributed by atoms with Crippen LogP contribution in [0.15, 0.2) is 30.3 Å². The maximum Gasteiger partial charge on any atom is 0.0619 e. The minimum atomic E-state index is 0.373. The summed E-state index contributed by atoms with van der Waals surface area (Å²) in [5, 5.41) is 0. The predicted octanol–water partition coefficient (Wildman–Crippen LogP) is 2.83. The fourth-order valence-corrected chi connectivity index (χ4v) is 2.25. The van der Waals surface area contributed by atoms with Gasteiger partial charge in [-0.3, -0.25) is 0 Å². The highest BCUT2D eigenvalue weighted by Crippen LogP contribution is 2.35. The Bertz CT molecular complexity index is 258. The van der Waals surface area contributed by atoms with Crippen LogP contribution in [-0.4, -0.2) is 12.7 Å². The molecule has 1 aliphatic rings. The third-order valence-electron chi connectivity index (χ3n) is 2.93. The van der Waals surface area contributed by atoms with Gasteiger partial charge in [0.25, 0.3) is 0 Å². The summed E-state index contributed by atoms with van der Waals surface area (Å²) in [5.41, 5.74) is 1.42. The highest BCUT2D eigenvalue weighted by Gasteiger charge is 2.32. The van der Waals surface area contributed by atoms with E-state index in [0.717, 1.165) is 6.61 Å². The molecule has 0 aliphatic carbocycles. The van der Waals surface area contributed by atoms with E-state index in [4.69, 9.17) is 4.74 Å². The van der Waals surface area contributed by atoms with Gasteiger partial charge in [-0.2, -0.15) is 0 Å². The van der Waals surface area contributed by atoms with Gasteiger partial charge in [0.2, 0.25) is 0 Å². The van der Waals surface area contributed by atoms with E-state index < -0.39 is 0 Å². The monoisotopic (exact) mass is 176 g/mol. The number of ether oxygens (including phenoxy) is 1. The van der Waals surface area contributed by atoms with Crippen LogP contribution in [0.1, 0.15) is 25.3 Å². The first-order chi connectivity index (χ1) is 6.29. The molecule has 1 aromatic carbocycles. The molecule has 1 heteroatoms. The zero-order chi connectivity index (χ0) is 9.26. The van der Waals surface area contributed by atoms with E-state index in [1.807, 2.05) is 0 Å². The Labute approximate surface area is 79.7 Å². The molecule has 0 aromatic heterocycles. The van der Waals surface area contributed by atoms with Crippen molar-refractivity contribution in [3.8, 4) is 0 Å². The summed E-state index contributed by atoms with van der Waals surface area (Å²) in [5.74, 6) is 1.23. The first-order valence-electron chi connectivity index (χ1n) is 4.95. The molecular formula is C12H16O. The Morgan fingerprint density at radius 1 is 1.15 bits per heavy atom. The number of rotatable bonds is 1. The predicted molar refractivity (Wildman–Crippen MR) is 53.8 cm³/mol. The Morgan fingerprint density at radius 3 is 2.38 bits per heavy atom. The van der Waals surface area contributed by atoms with Crippen molar-refractivity contribution in [2.24, 2.45) is 5.92 Å². The Kier molecular flexibility index (Phi) is 2.36. The average Bonchev–Trinajstić information content (AvgIpc) is 2.48. The van der Waals surface area contributed by atoms with Gasteiger partial charge in [-0.25, -0.2) is 0 Å². The van der Waals surface area contributed by atoms with Gasteiger partial charge in [0, 0.05) is 5.92 Å². The SMILES string of the molecule is C[C@@H]1CO[C@@H](C)[C@@H]1c1ccccc1. The van der Waals surface area contributed by atoms with Crippen molar-refractivity contribution < 1.29 is 4.74 Å². The highest BCUT2D eigenvalue weighted by molar-refractivity contribution is 5.22. The zero-order valence-corrected chi connectivity index (χ0v) is 8.23. The van der Waals surface area contributed by atoms with Crippen LogP contribution in [0.2, 0.25) is 0 Å². The van der Waals surface area contributed by atoms with Crippen LogP contribution in [-0.2, 0) is 4.74 Å². The lowest BCUT2D eigenvalue weighted by Gasteiger charge is -2.17. The molecule has 3 atom stereocenters. The minimum Gasteiger partial charge on any atom is -0.378 e. The van der Waals surface area contributed by atoms with E-state index in [-0.39, 0.29) is 0 Å². The summed E-state index contributed by atoms with van der Waals surface area (Å²) in [4.78, 5) is 0. The first kappa shape index (κ1) is 8.76. The molecule has 0 saturated carbocycles. The number of benzene rings is 1. The lowest BCUT2D eigenvalue weighted by atomic mass is 9.86. The molecule has 1 nitrogen and oxygen atoms in total. The van der Waals surface area contributed by atoms with E-state index in [9.17, 15) is 0 Å². The molecule has 0 radical (unpaired) electrons. The van der Waals surface area contributed by atoms with Crippen molar-refractivity contribution in [3.63, 3.8) is 0 Å². The van der Waals surface area contributed by atoms with Gasteiger partial charge in [0.05, 0.1) is 12.7 Å². The van der Waals surface area contributed by atoms with Crippen molar-refractivity contribution in [1.29, 1.82) is 0 Å². The zero-order valence-electron chi connectivity index (χ0n) is 8.23. The van der Waals surface area contributed by atoms with Crippen molar-refractivity contribution in [3.05, 3.63) is 35.9 Å². The van der Waals surface area contributed by atoms with Gasteiger partial charge in [-0.15, -0.1) is 0 Å². The Balaban J connectivity index is 2.25. The fourth-order valence-electron chi connectivity index (χ4n) is 2.25. The molecule has 13 heavy (non-hydrogen) atoms. The standard InChI is InChI=1S/C12H16O/c1-9-8-13-10(2)12(9)11-6-4-3-5-7-11/h3-7,9-10,12H,8H2,1-2H3/t9-,10+,12-/m1/s1. The van der Waals surface area contributed by atoms with Gasteiger partial charge >= 0.3 is 0 Å². The molecule has 1 aliphatic heterocycles. The van der Waals surface area contributed by atoms with Crippen LogP contribution >= 0.6 is 0 Å². The Hall–Kier alpha value is -0.820. The van der Waals surface area contributed by atoms with Crippen molar-refractivity contribution >= 4 is 0 Å². The highest BCUT2D eigenvalue weighted by atomic mass is 16.5. The van der Waals surface area contributed by atoms with E-state index in [1.165, 1.54) is 5.56 Å². The van der Waals surface area contributed by atoms with Gasteiger partial charge in [0.15, 0.2) is 0 Å². The van der Waals surface area contributed by atoms with Crippen molar-refractivity contribution in [1.82, 2.24) is 0 Å². The second-order valence-electron chi connectivity index (χ2n) is 3.95. The summed E-state index contributed by atoms with van der Waals surface area (Å²) >= 11 is 0. The third kappa shape index (κ3) is 1.61. The summed E-state index contributed by atoms with van der Waals surface area (Å²) in [7, 11) is 0. The molecule has 1 heterocycles. The molecule has 0 amide bonds. The van der Waals surface area contributed by atoms with Gasteiger partial charge < -0.3 is 4.74 Å². The Morgan fingerprint density at radius 2 is 1.85 bits per heavy atom. The molecule has 1 saturated heterocycles. The van der Waals surface area contributed by atoms with Crippen molar-refractivity contribution in [2.45, 2.75) is 25.9 Å². The number of hydrogen-bond acceptors (Lipinski definition) is 1. The molecular weight excluding hydrogens is 160 g/mol. The molecule has 0 spiro atoms. The van der Waals surface area contributed by atoms with Gasteiger partial charge in [-0.05, 0) is 18.4 Å². The summed E-state index contributed by atoms with van der Waals surface area (Å²) in [6.45, 7) is 5.34. The molecule has 1 aromatic rings. The fraction of sp³-hybridized carbons (Fsp3) is 0.500. The van der Waals surface area contributed by atoms with Crippen LogP contribution in [0.5, 0.6) is 0 Å². The van der Waals surface area contributed by atoms with Crippen LogP contribution in [0, 0.1) is 5.92 Å². The van der Waals surface area contributed by atoms with Crippen LogP contribution in [0.4, 0.5) is 0 Å². The smallest absolute Gasteiger partial charge is 0.0619 e. The molecule has 2 rings (SSSR count). The second-order valence-corrected chi connectivity index (χ2v) is 3.95. The van der Waals surface area contributed by atoms with Gasteiger partial charge in [0.1, 0.15) is 0 Å². The van der Waals surface area contributed by atoms with Gasteiger partial charge in [-0.1, -0.05) is 37.3 Å². The molecule has 1 fully saturated rings. The topological polar surface area (TPSA) is 9.23 Å². The van der Waals surface area contributed by atoms with E-state index in [0.29, 0.717) is 17.9 Å². The van der Waals surface area contributed by atoms with E-state index in [2.05, 4.69) is 44.2 Å². The van der Waals surface area contributed by atoms with Crippen LogP contribution < -0.4 is 0 Å². The van der Waals surface area contributed by atoms with E-state index >= 15 is 0 Å². The largest absolute Gasteiger partial charge is 0.378 e.